The van der Waals surface area contributed by atoms with E-state index < -0.39 is 0 Å². The second-order valence-electron chi connectivity index (χ2n) is 5.58. The van der Waals surface area contributed by atoms with E-state index in [1.165, 1.54) is 6.07 Å². The number of nitrogens with zero attached hydrogens (tertiary/aromatic N) is 2. The molecule has 0 unspecified atom stereocenters. The summed E-state index contributed by atoms with van der Waals surface area (Å²) in [5.74, 6) is 0.443. The number of rotatable bonds is 3. The largest absolute Gasteiger partial charge is 0.496 e. The molecule has 1 aliphatic heterocycles. The topological polar surface area (TPSA) is 32.8 Å². The van der Waals surface area contributed by atoms with E-state index in [1.807, 2.05) is 11.0 Å². The maximum absolute atomic E-state index is 13.9. The summed E-state index contributed by atoms with van der Waals surface area (Å²) in [4.78, 5) is 16.4. The number of benzene rings is 2. The van der Waals surface area contributed by atoms with Crippen molar-refractivity contribution in [3.63, 3.8) is 0 Å². The number of para-hydroxylation sites is 1. The van der Waals surface area contributed by atoms with E-state index in [1.54, 1.807) is 42.3 Å². The van der Waals surface area contributed by atoms with Gasteiger partial charge in [-0.2, -0.15) is 0 Å². The standard InChI is InChI=1S/C18H18BrFN2O2/c1-24-17-7-6-13(12-14(17)19)18(23)22-10-8-21(9-11-22)16-5-3-2-4-15(16)20/h2-7,12H,8-11H2,1H3. The molecular formula is C18H18BrFN2O2. The maximum Gasteiger partial charge on any atom is 0.254 e. The average molecular weight is 393 g/mol. The summed E-state index contributed by atoms with van der Waals surface area (Å²) in [5, 5.41) is 0. The van der Waals surface area contributed by atoms with Crippen molar-refractivity contribution in [1.82, 2.24) is 4.90 Å². The van der Waals surface area contributed by atoms with Crippen molar-refractivity contribution in [3.8, 4) is 5.75 Å². The normalized spacial score (nSPS) is 14.6. The Kier molecular flexibility index (Phi) is 5.04. The smallest absolute Gasteiger partial charge is 0.254 e. The highest BCUT2D eigenvalue weighted by atomic mass is 79.9. The lowest BCUT2D eigenvalue weighted by molar-refractivity contribution is 0.0746. The number of anilines is 1. The van der Waals surface area contributed by atoms with Crippen LogP contribution in [0, 0.1) is 5.82 Å². The molecule has 2 aromatic rings. The zero-order valence-electron chi connectivity index (χ0n) is 13.3. The Labute approximate surface area is 149 Å². The summed E-state index contributed by atoms with van der Waals surface area (Å²) >= 11 is 3.40. The third-order valence-corrected chi connectivity index (χ3v) is 4.78. The van der Waals surface area contributed by atoms with Gasteiger partial charge in [-0.05, 0) is 46.3 Å². The lowest BCUT2D eigenvalue weighted by Crippen LogP contribution is -2.49. The first-order chi connectivity index (χ1) is 11.6. The van der Waals surface area contributed by atoms with Crippen molar-refractivity contribution in [2.75, 3.05) is 38.2 Å². The van der Waals surface area contributed by atoms with Crippen molar-refractivity contribution in [2.45, 2.75) is 0 Å². The molecule has 0 aromatic heterocycles. The molecular weight excluding hydrogens is 375 g/mol. The molecule has 2 aromatic carbocycles. The van der Waals surface area contributed by atoms with Crippen LogP contribution in [0.5, 0.6) is 5.75 Å². The fourth-order valence-corrected chi connectivity index (χ4v) is 3.38. The first kappa shape index (κ1) is 16.8. The number of ether oxygens (including phenoxy) is 1. The number of methoxy groups -OCH3 is 1. The quantitative estimate of drug-likeness (QED) is 0.800. The van der Waals surface area contributed by atoms with Gasteiger partial charge in [0, 0.05) is 31.7 Å². The van der Waals surface area contributed by atoms with Crippen molar-refractivity contribution >= 4 is 27.5 Å². The van der Waals surface area contributed by atoms with E-state index in [-0.39, 0.29) is 11.7 Å². The first-order valence-corrected chi connectivity index (χ1v) is 8.51. The molecule has 0 spiro atoms. The Morgan fingerprint density at radius 1 is 1.12 bits per heavy atom. The number of hydrogen-bond donors (Lipinski definition) is 0. The van der Waals surface area contributed by atoms with Crippen molar-refractivity contribution < 1.29 is 13.9 Å². The predicted molar refractivity (Wildman–Crippen MR) is 95.2 cm³/mol. The van der Waals surface area contributed by atoms with Gasteiger partial charge in [0.2, 0.25) is 0 Å². The second kappa shape index (κ2) is 7.21. The van der Waals surface area contributed by atoms with Crippen LogP contribution in [-0.2, 0) is 0 Å². The molecule has 126 valence electrons. The van der Waals surface area contributed by atoms with Gasteiger partial charge in [-0.25, -0.2) is 4.39 Å². The van der Waals surface area contributed by atoms with E-state index in [4.69, 9.17) is 4.74 Å². The maximum atomic E-state index is 13.9. The van der Waals surface area contributed by atoms with Crippen LogP contribution < -0.4 is 9.64 Å². The lowest BCUT2D eigenvalue weighted by atomic mass is 10.1. The van der Waals surface area contributed by atoms with Crippen LogP contribution in [0.1, 0.15) is 10.4 Å². The lowest BCUT2D eigenvalue weighted by Gasteiger charge is -2.36. The summed E-state index contributed by atoms with van der Waals surface area (Å²) in [7, 11) is 1.59. The van der Waals surface area contributed by atoms with Crippen molar-refractivity contribution in [3.05, 3.63) is 58.3 Å². The molecule has 1 heterocycles. The van der Waals surface area contributed by atoms with E-state index in [0.29, 0.717) is 43.2 Å². The minimum atomic E-state index is -0.226. The third kappa shape index (κ3) is 3.38. The number of hydrogen-bond acceptors (Lipinski definition) is 3. The Morgan fingerprint density at radius 3 is 2.46 bits per heavy atom. The Balaban J connectivity index is 1.67. The molecule has 0 aliphatic carbocycles. The van der Waals surface area contributed by atoms with Gasteiger partial charge in [0.05, 0.1) is 17.3 Å². The van der Waals surface area contributed by atoms with Gasteiger partial charge in [-0.15, -0.1) is 0 Å². The van der Waals surface area contributed by atoms with Crippen LogP contribution in [0.3, 0.4) is 0 Å². The van der Waals surface area contributed by atoms with Crippen molar-refractivity contribution in [1.29, 1.82) is 0 Å². The minimum absolute atomic E-state index is 0.0217. The van der Waals surface area contributed by atoms with Crippen LogP contribution in [0.2, 0.25) is 0 Å². The Bertz CT molecular complexity index is 746. The molecule has 0 radical (unpaired) electrons. The van der Waals surface area contributed by atoms with E-state index in [2.05, 4.69) is 15.9 Å². The zero-order valence-corrected chi connectivity index (χ0v) is 14.9. The molecule has 4 nitrogen and oxygen atoms in total. The summed E-state index contributed by atoms with van der Waals surface area (Å²) < 4.78 is 19.8. The monoisotopic (exact) mass is 392 g/mol. The van der Waals surface area contributed by atoms with Crippen LogP contribution in [0.4, 0.5) is 10.1 Å². The molecule has 1 amide bonds. The van der Waals surface area contributed by atoms with Gasteiger partial charge >= 0.3 is 0 Å². The Hall–Kier alpha value is -2.08. The fraction of sp³-hybridized carbons (Fsp3) is 0.278. The number of halogens is 2. The number of carbonyl (C=O) groups is 1. The number of amides is 1. The highest BCUT2D eigenvalue weighted by Gasteiger charge is 2.23. The number of piperazine rings is 1. The van der Waals surface area contributed by atoms with E-state index in [9.17, 15) is 9.18 Å². The molecule has 1 aliphatic rings. The van der Waals surface area contributed by atoms with Crippen LogP contribution in [0.15, 0.2) is 46.9 Å². The van der Waals surface area contributed by atoms with Crippen LogP contribution >= 0.6 is 15.9 Å². The second-order valence-corrected chi connectivity index (χ2v) is 6.43. The molecule has 1 fully saturated rings. The van der Waals surface area contributed by atoms with Gasteiger partial charge in [-0.1, -0.05) is 12.1 Å². The fourth-order valence-electron chi connectivity index (χ4n) is 2.84. The predicted octanol–water partition coefficient (Wildman–Crippen LogP) is 3.56. The highest BCUT2D eigenvalue weighted by Crippen LogP contribution is 2.26. The van der Waals surface area contributed by atoms with Gasteiger partial charge in [0.1, 0.15) is 11.6 Å². The molecule has 1 saturated heterocycles. The summed E-state index contributed by atoms with van der Waals surface area (Å²) in [6.45, 7) is 2.36. The molecule has 24 heavy (non-hydrogen) atoms. The molecule has 0 bridgehead atoms. The molecule has 0 atom stereocenters. The van der Waals surface area contributed by atoms with Crippen molar-refractivity contribution in [2.24, 2.45) is 0 Å². The third-order valence-electron chi connectivity index (χ3n) is 4.16. The molecule has 0 N–H and O–H groups in total. The number of carbonyl (C=O) groups excluding carboxylic acids is 1. The van der Waals surface area contributed by atoms with Gasteiger partial charge in [-0.3, -0.25) is 4.79 Å². The zero-order chi connectivity index (χ0) is 17.1. The summed E-state index contributed by atoms with van der Waals surface area (Å²) in [5.41, 5.74) is 1.21. The van der Waals surface area contributed by atoms with Gasteiger partial charge in [0.15, 0.2) is 0 Å². The minimum Gasteiger partial charge on any atom is -0.496 e. The molecule has 6 heteroatoms. The van der Waals surface area contributed by atoms with Crippen LogP contribution in [0.25, 0.3) is 0 Å². The van der Waals surface area contributed by atoms with Gasteiger partial charge in [0.25, 0.3) is 5.91 Å². The van der Waals surface area contributed by atoms with Gasteiger partial charge < -0.3 is 14.5 Å². The van der Waals surface area contributed by atoms with E-state index in [0.717, 1.165) is 4.47 Å². The first-order valence-electron chi connectivity index (χ1n) is 7.72. The molecule has 0 saturated carbocycles. The van der Waals surface area contributed by atoms with Crippen LogP contribution in [-0.4, -0.2) is 44.1 Å². The highest BCUT2D eigenvalue weighted by molar-refractivity contribution is 9.10. The average Bonchev–Trinajstić information content (AvgIpc) is 2.61. The summed E-state index contributed by atoms with van der Waals surface area (Å²) in [6.07, 6.45) is 0. The molecule has 3 rings (SSSR count). The van der Waals surface area contributed by atoms with E-state index >= 15 is 0 Å². The Morgan fingerprint density at radius 2 is 1.83 bits per heavy atom. The SMILES string of the molecule is COc1ccc(C(=O)N2CCN(c3ccccc3F)CC2)cc1Br. The summed E-state index contributed by atoms with van der Waals surface area (Å²) in [6, 6.07) is 12.0.